The fourth-order valence-electron chi connectivity index (χ4n) is 0.623. The maximum absolute atomic E-state index is 12.1. The molecule has 0 unspecified atom stereocenters. The molecular weight excluding hydrogens is 221 g/mol. The monoisotopic (exact) mass is 228 g/mol. The fraction of sp³-hybridized carbons (Fsp3) is 0.500. The van der Waals surface area contributed by atoms with Crippen LogP contribution in [0.4, 0.5) is 13.2 Å². The van der Waals surface area contributed by atoms with Crippen molar-refractivity contribution < 1.29 is 33.1 Å². The van der Waals surface area contributed by atoms with Gasteiger partial charge in [-0.25, -0.2) is 4.79 Å². The molecule has 0 bridgehead atoms. The molecule has 0 rings (SSSR count). The van der Waals surface area contributed by atoms with Crippen LogP contribution in [0.5, 0.6) is 0 Å². The molecule has 15 heavy (non-hydrogen) atoms. The summed E-state index contributed by atoms with van der Waals surface area (Å²) in [4.78, 5) is 10.8. The second-order valence-corrected chi connectivity index (χ2v) is 2.12. The number of esters is 1. The van der Waals surface area contributed by atoms with Crippen LogP contribution in [-0.4, -0.2) is 40.6 Å². The van der Waals surface area contributed by atoms with E-state index in [1.807, 2.05) is 5.16 Å². The molecule has 0 aromatic rings. The molecule has 0 heterocycles. The fourth-order valence-corrected chi connectivity index (χ4v) is 0.623. The van der Waals surface area contributed by atoms with Gasteiger partial charge in [0.25, 0.3) is 0 Å². The van der Waals surface area contributed by atoms with Gasteiger partial charge in [0.05, 0.1) is 6.61 Å². The first-order valence-corrected chi connectivity index (χ1v) is 3.57. The van der Waals surface area contributed by atoms with Gasteiger partial charge in [0.2, 0.25) is 11.4 Å². The smallest absolute Gasteiger partial charge is 0.439 e. The molecule has 0 aliphatic rings. The van der Waals surface area contributed by atoms with Gasteiger partial charge in [-0.3, -0.25) is 0 Å². The molecule has 0 saturated carbocycles. The lowest BCUT2D eigenvalue weighted by Gasteiger charge is -2.08. The summed E-state index contributed by atoms with van der Waals surface area (Å²) in [6, 6.07) is 0. The van der Waals surface area contributed by atoms with Crippen LogP contribution >= 0.6 is 0 Å². The van der Waals surface area contributed by atoms with E-state index in [9.17, 15) is 18.0 Å². The van der Waals surface area contributed by atoms with Gasteiger partial charge in [-0.2, -0.15) is 13.2 Å². The molecule has 0 aromatic heterocycles. The summed E-state index contributed by atoms with van der Waals surface area (Å²) in [5.74, 6) is -1.54. The molecule has 86 valence electrons. The topological polar surface area (TPSA) is 91.5 Å². The highest BCUT2D eigenvalue weighted by Gasteiger charge is 2.43. The number of rotatable bonds is 3. The second kappa shape index (κ2) is 5.17. The first kappa shape index (κ1) is 13.2. The van der Waals surface area contributed by atoms with Crippen molar-refractivity contribution in [1.29, 1.82) is 0 Å². The lowest BCUT2D eigenvalue weighted by atomic mass is 10.2. The van der Waals surface area contributed by atoms with Gasteiger partial charge in [-0.1, -0.05) is 10.3 Å². The van der Waals surface area contributed by atoms with Gasteiger partial charge in [0, 0.05) is 0 Å². The Morgan fingerprint density at radius 3 is 2.13 bits per heavy atom. The number of carbonyl (C=O) groups is 1. The Bertz CT molecular complexity index is 297. The molecule has 0 radical (unpaired) electrons. The predicted octanol–water partition coefficient (Wildman–Crippen LogP) is 0.772. The lowest BCUT2D eigenvalue weighted by Crippen LogP contribution is -2.37. The minimum Gasteiger partial charge on any atom is -0.461 e. The van der Waals surface area contributed by atoms with E-state index in [1.165, 1.54) is 6.92 Å². The molecule has 0 aliphatic carbocycles. The van der Waals surface area contributed by atoms with Gasteiger partial charge in [0.15, 0.2) is 0 Å². The third-order valence-corrected chi connectivity index (χ3v) is 1.16. The standard InChI is InChI=1S/C6H7F3N2O4/c1-2-15-5(12)3(10-13)4(11-14)6(7,8)9/h13-14H,2H2,1H3. The Kier molecular flexibility index (Phi) is 4.55. The number of ether oxygens (including phenoxy) is 1. The maximum Gasteiger partial charge on any atom is 0.439 e. The van der Waals surface area contributed by atoms with Gasteiger partial charge < -0.3 is 15.2 Å². The zero-order valence-electron chi connectivity index (χ0n) is 7.45. The van der Waals surface area contributed by atoms with Crippen LogP contribution in [0, 0.1) is 0 Å². The van der Waals surface area contributed by atoms with Gasteiger partial charge in [-0.15, -0.1) is 0 Å². The van der Waals surface area contributed by atoms with Crippen LogP contribution in [0.15, 0.2) is 10.3 Å². The molecule has 9 heteroatoms. The number of hydrogen-bond donors (Lipinski definition) is 2. The first-order valence-electron chi connectivity index (χ1n) is 3.57. The molecule has 0 spiro atoms. The number of oxime groups is 2. The van der Waals surface area contributed by atoms with E-state index >= 15 is 0 Å². The zero-order valence-corrected chi connectivity index (χ0v) is 7.45. The van der Waals surface area contributed by atoms with Crippen molar-refractivity contribution in [3.05, 3.63) is 0 Å². The molecule has 0 fully saturated rings. The summed E-state index contributed by atoms with van der Waals surface area (Å²) in [7, 11) is 0. The van der Waals surface area contributed by atoms with Crippen LogP contribution in [0.1, 0.15) is 6.92 Å². The number of halogens is 3. The van der Waals surface area contributed by atoms with Crippen LogP contribution in [0.3, 0.4) is 0 Å². The predicted molar refractivity (Wildman–Crippen MR) is 41.1 cm³/mol. The molecule has 2 N–H and O–H groups in total. The highest BCUT2D eigenvalue weighted by molar-refractivity contribution is 6.66. The average molecular weight is 228 g/mol. The molecule has 0 saturated heterocycles. The van der Waals surface area contributed by atoms with Crippen LogP contribution in [0.2, 0.25) is 0 Å². The largest absolute Gasteiger partial charge is 0.461 e. The molecule has 6 nitrogen and oxygen atoms in total. The Morgan fingerprint density at radius 2 is 1.87 bits per heavy atom. The Labute approximate surface area is 81.6 Å². The normalized spacial score (nSPS) is 13.9. The highest BCUT2D eigenvalue weighted by atomic mass is 19.4. The first-order chi connectivity index (χ1) is 6.88. The number of carbonyl (C=O) groups excluding carboxylic acids is 1. The number of alkyl halides is 3. The van der Waals surface area contributed by atoms with Crippen molar-refractivity contribution >= 4 is 17.4 Å². The Hall–Kier alpha value is -1.80. The van der Waals surface area contributed by atoms with E-state index < -0.39 is 23.6 Å². The summed E-state index contributed by atoms with van der Waals surface area (Å²) in [5.41, 5.74) is -3.53. The van der Waals surface area contributed by atoms with E-state index in [0.29, 0.717) is 0 Å². The third-order valence-electron chi connectivity index (χ3n) is 1.16. The summed E-state index contributed by atoms with van der Waals surface area (Å²) >= 11 is 0. The number of hydrogen-bond acceptors (Lipinski definition) is 6. The van der Waals surface area contributed by atoms with Crippen molar-refractivity contribution in [2.24, 2.45) is 10.3 Å². The van der Waals surface area contributed by atoms with Crippen molar-refractivity contribution in [2.75, 3.05) is 6.61 Å². The van der Waals surface area contributed by atoms with Gasteiger partial charge >= 0.3 is 12.1 Å². The maximum atomic E-state index is 12.1. The van der Waals surface area contributed by atoms with Crippen molar-refractivity contribution in [3.8, 4) is 0 Å². The van der Waals surface area contributed by atoms with Crippen LogP contribution in [0.25, 0.3) is 0 Å². The van der Waals surface area contributed by atoms with E-state index in [4.69, 9.17) is 10.4 Å². The number of nitrogens with zero attached hydrogens (tertiary/aromatic N) is 2. The van der Waals surface area contributed by atoms with Gasteiger partial charge in [-0.05, 0) is 6.92 Å². The zero-order chi connectivity index (χ0) is 12.1. The van der Waals surface area contributed by atoms with Crippen molar-refractivity contribution in [1.82, 2.24) is 0 Å². The van der Waals surface area contributed by atoms with E-state index in [2.05, 4.69) is 9.89 Å². The Balaban J connectivity index is 5.07. The highest BCUT2D eigenvalue weighted by Crippen LogP contribution is 2.18. The summed E-state index contributed by atoms with van der Waals surface area (Å²) in [5, 5.41) is 20.1. The molecule has 0 aliphatic heterocycles. The average Bonchev–Trinajstić information content (AvgIpc) is 2.11. The Morgan fingerprint density at radius 1 is 1.33 bits per heavy atom. The molecule has 0 amide bonds. The second-order valence-electron chi connectivity index (χ2n) is 2.12. The molecule has 0 atom stereocenters. The SMILES string of the molecule is CCOC(=O)C(=NO)C(=NO)C(F)(F)F. The minimum atomic E-state index is -5.12. The summed E-state index contributed by atoms with van der Waals surface area (Å²) in [6.07, 6.45) is -5.12. The molecular formula is C6H7F3N2O4. The van der Waals surface area contributed by atoms with E-state index in [-0.39, 0.29) is 6.61 Å². The van der Waals surface area contributed by atoms with Gasteiger partial charge in [0.1, 0.15) is 0 Å². The lowest BCUT2D eigenvalue weighted by molar-refractivity contribution is -0.135. The van der Waals surface area contributed by atoms with Crippen molar-refractivity contribution in [2.45, 2.75) is 13.1 Å². The summed E-state index contributed by atoms with van der Waals surface area (Å²) < 4.78 is 40.4. The molecule has 0 aromatic carbocycles. The van der Waals surface area contributed by atoms with E-state index in [1.54, 1.807) is 0 Å². The van der Waals surface area contributed by atoms with E-state index in [0.717, 1.165) is 0 Å². The van der Waals surface area contributed by atoms with Crippen LogP contribution in [-0.2, 0) is 9.53 Å². The van der Waals surface area contributed by atoms with Crippen LogP contribution < -0.4 is 0 Å². The third kappa shape index (κ3) is 3.44. The quantitative estimate of drug-likeness (QED) is 0.323. The minimum absolute atomic E-state index is 0.214. The van der Waals surface area contributed by atoms with Crippen molar-refractivity contribution in [3.63, 3.8) is 0 Å². The summed E-state index contributed by atoms with van der Waals surface area (Å²) in [6.45, 7) is 1.13.